The van der Waals surface area contributed by atoms with Gasteiger partial charge in [-0.15, -0.1) is 0 Å². The number of halogens is 2. The molecule has 4 aromatic heterocycles. The molecule has 0 bridgehead atoms. The number of imidazole rings is 2. The van der Waals surface area contributed by atoms with E-state index in [1.807, 2.05) is 0 Å². The molecule has 0 spiro atoms. The number of rotatable bonds is 14. The van der Waals surface area contributed by atoms with E-state index in [1.165, 1.54) is 35.6 Å². The zero-order valence-electron chi connectivity index (χ0n) is 31.6. The Hall–Kier alpha value is -3.40. The van der Waals surface area contributed by atoms with Crippen molar-refractivity contribution >= 4 is 72.7 Å². The third-order valence-corrected chi connectivity index (χ3v) is 11.1. The van der Waals surface area contributed by atoms with Crippen LogP contribution in [0.3, 0.4) is 0 Å². The van der Waals surface area contributed by atoms with E-state index >= 15 is 0 Å². The van der Waals surface area contributed by atoms with Gasteiger partial charge in [0.05, 0.1) is 50.5 Å². The number of aromatic nitrogens is 8. The zero-order valence-corrected chi connectivity index (χ0v) is 34.9. The van der Waals surface area contributed by atoms with Gasteiger partial charge < -0.3 is 68.4 Å². The van der Waals surface area contributed by atoms with Crippen molar-refractivity contribution in [3.8, 4) is 0 Å². The highest BCUT2D eigenvalue weighted by atomic mass is 35.5. The first-order valence-electron chi connectivity index (χ1n) is 17.5. The number of carbonyl (C=O) groups is 2. The second-order valence-corrected chi connectivity index (χ2v) is 16.9. The molecule has 60 heavy (non-hydrogen) atoms. The van der Waals surface area contributed by atoms with Gasteiger partial charge in [-0.2, -0.15) is 9.97 Å². The standard InChI is InChI=1S/2C15H20ClN4O9P/c2*1-3-27-13(23)14(30(24,25)26)28-4-7-9(21)10(22)12(29-7)20-5-17-8-6(2)18-15(16)19-11(8)20/h2*5,7,9-10,12,14,21-22H,3-4H2,1-2H3,(H2,24,25,26)/t7-,9-,10-,12-,14+;7-,9-,10-,12-,14-/m11/s1. The monoisotopic (exact) mass is 932 g/mol. The first kappa shape index (κ1) is 47.6. The summed E-state index contributed by atoms with van der Waals surface area (Å²) in [5.41, 5.74) is 2.32. The number of aliphatic hydroxyl groups is 4. The molecule has 8 N–H and O–H groups in total. The first-order valence-corrected chi connectivity index (χ1v) is 21.6. The fourth-order valence-corrected chi connectivity index (χ4v) is 7.69. The lowest BCUT2D eigenvalue weighted by Gasteiger charge is -2.20. The highest BCUT2D eigenvalue weighted by Gasteiger charge is 2.48. The molecule has 332 valence electrons. The van der Waals surface area contributed by atoms with Crippen LogP contribution in [0.25, 0.3) is 22.3 Å². The Bertz CT molecular complexity index is 2120. The minimum absolute atomic E-state index is 0.0476. The second-order valence-electron chi connectivity index (χ2n) is 13.0. The highest BCUT2D eigenvalue weighted by molar-refractivity contribution is 7.53. The number of aryl methyl sites for hydroxylation is 2. The average Bonchev–Trinajstić information content (AvgIpc) is 3.90. The normalized spacial score (nSPS) is 25.6. The molecule has 10 atom stereocenters. The zero-order chi connectivity index (χ0) is 44.4. The molecule has 30 heteroatoms. The lowest BCUT2D eigenvalue weighted by molar-refractivity contribution is -0.156. The van der Waals surface area contributed by atoms with E-state index in [9.17, 15) is 58.7 Å². The maximum absolute atomic E-state index is 11.8. The Labute approximate surface area is 347 Å². The van der Waals surface area contributed by atoms with Crippen molar-refractivity contribution in [2.45, 2.75) is 88.5 Å². The van der Waals surface area contributed by atoms with Crippen LogP contribution in [-0.2, 0) is 47.1 Å². The van der Waals surface area contributed by atoms with Gasteiger partial charge in [0.15, 0.2) is 23.8 Å². The van der Waals surface area contributed by atoms with Crippen molar-refractivity contribution in [2.75, 3.05) is 26.4 Å². The molecule has 6 heterocycles. The molecule has 26 nitrogen and oxygen atoms in total. The number of carbonyl (C=O) groups excluding carboxylic acids is 2. The molecule has 2 aliphatic rings. The van der Waals surface area contributed by atoms with E-state index in [2.05, 4.69) is 39.4 Å². The number of hydrogen-bond donors (Lipinski definition) is 8. The van der Waals surface area contributed by atoms with Crippen LogP contribution in [0.5, 0.6) is 0 Å². The predicted molar refractivity (Wildman–Crippen MR) is 199 cm³/mol. The van der Waals surface area contributed by atoms with Crippen LogP contribution in [0.1, 0.15) is 37.7 Å². The van der Waals surface area contributed by atoms with Crippen molar-refractivity contribution in [3.63, 3.8) is 0 Å². The molecule has 2 fully saturated rings. The molecular weight excluding hydrogens is 893 g/mol. The summed E-state index contributed by atoms with van der Waals surface area (Å²) in [5.74, 6) is -6.88. The number of hydrogen-bond acceptors (Lipinski definition) is 20. The molecule has 0 aromatic carbocycles. The predicted octanol–water partition coefficient (Wildman–Crippen LogP) is -1.02. The third kappa shape index (κ3) is 10.4. The molecular formula is C30H40Cl2N8O18P2. The molecule has 4 aromatic rings. The summed E-state index contributed by atoms with van der Waals surface area (Å²) in [6.45, 7) is 4.83. The first-order chi connectivity index (χ1) is 28.1. The largest absolute Gasteiger partial charge is 0.464 e. The number of ether oxygens (including phenoxy) is 6. The maximum Gasteiger partial charge on any atom is 0.365 e. The van der Waals surface area contributed by atoms with E-state index in [-0.39, 0.29) is 35.1 Å². The molecule has 0 saturated carbocycles. The van der Waals surface area contributed by atoms with Crippen molar-refractivity contribution in [1.82, 2.24) is 39.0 Å². The fourth-order valence-electron chi connectivity index (χ4n) is 6.02. The summed E-state index contributed by atoms with van der Waals surface area (Å²) in [6.07, 6.45) is -8.00. The number of aliphatic hydroxyl groups excluding tert-OH is 4. The van der Waals surface area contributed by atoms with Gasteiger partial charge in [-0.05, 0) is 50.9 Å². The van der Waals surface area contributed by atoms with Gasteiger partial charge in [0, 0.05) is 0 Å². The number of fused-ring (bicyclic) bond motifs is 2. The quantitative estimate of drug-likeness (QED) is 0.0426. The summed E-state index contributed by atoms with van der Waals surface area (Å²) in [4.78, 5) is 85.3. The van der Waals surface area contributed by atoms with E-state index in [4.69, 9.17) is 42.1 Å². The van der Waals surface area contributed by atoms with Crippen LogP contribution < -0.4 is 0 Å². The summed E-state index contributed by atoms with van der Waals surface area (Å²) in [6, 6.07) is 0. The minimum atomic E-state index is -5.00. The van der Waals surface area contributed by atoms with Gasteiger partial charge in [0.2, 0.25) is 10.6 Å². The minimum Gasteiger partial charge on any atom is -0.464 e. The van der Waals surface area contributed by atoms with Crippen LogP contribution in [0.4, 0.5) is 0 Å². The van der Waals surface area contributed by atoms with E-state index in [1.54, 1.807) is 13.8 Å². The molecule has 2 aliphatic heterocycles. The lowest BCUT2D eigenvalue weighted by atomic mass is 10.1. The summed E-state index contributed by atoms with van der Waals surface area (Å²) in [5, 5.41) is 41.4. The smallest absolute Gasteiger partial charge is 0.365 e. The molecule has 0 aliphatic carbocycles. The van der Waals surface area contributed by atoms with Crippen LogP contribution in [0.15, 0.2) is 12.7 Å². The summed E-state index contributed by atoms with van der Waals surface area (Å²) in [7, 11) is -10.0. The Morgan fingerprint density at radius 2 is 1.03 bits per heavy atom. The van der Waals surface area contributed by atoms with Gasteiger partial charge in [0.1, 0.15) is 47.7 Å². The van der Waals surface area contributed by atoms with Crippen molar-refractivity contribution in [3.05, 3.63) is 34.6 Å². The Morgan fingerprint density at radius 3 is 1.35 bits per heavy atom. The maximum atomic E-state index is 11.8. The van der Waals surface area contributed by atoms with Gasteiger partial charge in [0.25, 0.3) is 11.7 Å². The summed E-state index contributed by atoms with van der Waals surface area (Å²) >= 11 is 11.8. The van der Waals surface area contributed by atoms with Crippen LogP contribution in [0.2, 0.25) is 10.6 Å². The van der Waals surface area contributed by atoms with E-state index < -0.39 is 101 Å². The molecule has 2 saturated heterocycles. The molecule has 0 amide bonds. The Kier molecular flexibility index (Phi) is 15.3. The molecule has 0 unspecified atom stereocenters. The molecule has 0 radical (unpaired) electrons. The van der Waals surface area contributed by atoms with Crippen molar-refractivity contribution < 1.29 is 87.1 Å². The van der Waals surface area contributed by atoms with Gasteiger partial charge in [-0.3, -0.25) is 18.3 Å². The van der Waals surface area contributed by atoms with E-state index in [0.717, 1.165) is 0 Å². The highest BCUT2D eigenvalue weighted by Crippen LogP contribution is 2.44. The van der Waals surface area contributed by atoms with Crippen LogP contribution in [-0.4, -0.2) is 166 Å². The van der Waals surface area contributed by atoms with Crippen molar-refractivity contribution in [2.24, 2.45) is 0 Å². The number of esters is 2. The topological polar surface area (TPSA) is 373 Å². The third-order valence-electron chi connectivity index (χ3n) is 8.78. The Balaban J connectivity index is 0.000000228. The van der Waals surface area contributed by atoms with Crippen LogP contribution >= 0.6 is 38.4 Å². The van der Waals surface area contributed by atoms with E-state index in [0.29, 0.717) is 22.4 Å². The lowest BCUT2D eigenvalue weighted by Crippen LogP contribution is -2.36. The second kappa shape index (κ2) is 19.3. The van der Waals surface area contributed by atoms with Gasteiger partial charge in [-0.1, -0.05) is 0 Å². The van der Waals surface area contributed by atoms with Gasteiger partial charge >= 0.3 is 27.1 Å². The fraction of sp³-hybridized carbons (Fsp3) is 0.600. The van der Waals surface area contributed by atoms with Crippen molar-refractivity contribution in [1.29, 1.82) is 0 Å². The summed E-state index contributed by atoms with van der Waals surface area (Å²) < 4.78 is 56.2. The van der Waals surface area contributed by atoms with Gasteiger partial charge in [-0.25, -0.2) is 29.5 Å². The van der Waals surface area contributed by atoms with Crippen LogP contribution in [0, 0.1) is 13.8 Å². The molecule has 6 rings (SSSR count). The SMILES string of the molecule is CCOC(=O)[C@@H](OC[C@H]1O[C@@H](n2cnc3c(C)nc(Cl)nc32)[C@H](O)[C@@H]1O)P(=O)(O)O.CCOC(=O)[C@H](OC[C@H]1O[C@@H](n2cnc3c(C)nc(Cl)nc32)[C@H](O)[C@@H]1O)P(=O)(O)O. The Morgan fingerprint density at radius 1 is 0.683 bits per heavy atom. The number of nitrogens with zero attached hydrogens (tertiary/aromatic N) is 8. The average molecular weight is 934 g/mol.